The predicted octanol–water partition coefficient (Wildman–Crippen LogP) is 6.94. The maximum atomic E-state index is 14.7. The summed E-state index contributed by atoms with van der Waals surface area (Å²) < 4.78 is 22.1. The molecule has 4 heterocycles. The molecule has 11 heteroatoms. The molecule has 2 fully saturated rings. The van der Waals surface area contributed by atoms with Crippen LogP contribution in [0.25, 0.3) is 16.6 Å². The molecule has 1 unspecified atom stereocenters. The van der Waals surface area contributed by atoms with E-state index in [1.807, 2.05) is 71.8 Å². The van der Waals surface area contributed by atoms with Crippen molar-refractivity contribution in [2.75, 3.05) is 13.1 Å². The fourth-order valence-electron chi connectivity index (χ4n) is 7.64. The van der Waals surface area contributed by atoms with Crippen LogP contribution in [-0.2, 0) is 9.53 Å². The van der Waals surface area contributed by atoms with Crippen molar-refractivity contribution >= 4 is 34.6 Å². The van der Waals surface area contributed by atoms with Crippen LogP contribution in [0.4, 0.5) is 9.18 Å². The number of amides is 3. The van der Waals surface area contributed by atoms with E-state index in [1.165, 1.54) is 12.1 Å². The molecule has 3 amide bonds. The zero-order valence-electron chi connectivity index (χ0n) is 30.2. The van der Waals surface area contributed by atoms with E-state index in [9.17, 15) is 23.6 Å². The van der Waals surface area contributed by atoms with Crippen LogP contribution in [0, 0.1) is 18.7 Å². The number of ether oxygens (including phenoxy) is 1. The van der Waals surface area contributed by atoms with Crippen LogP contribution in [-0.4, -0.2) is 90.8 Å². The molecule has 5 rings (SSSR count). The van der Waals surface area contributed by atoms with Gasteiger partial charge in [0.15, 0.2) is 5.78 Å². The summed E-state index contributed by atoms with van der Waals surface area (Å²) in [4.78, 5) is 64.6. The van der Waals surface area contributed by atoms with Gasteiger partial charge in [-0.3, -0.25) is 24.3 Å². The Labute approximate surface area is 288 Å². The lowest BCUT2D eigenvalue weighted by molar-refractivity contribution is -0.140. The topological polar surface area (TPSA) is 105 Å². The van der Waals surface area contributed by atoms with Crippen molar-refractivity contribution in [3.05, 3.63) is 59.3 Å². The highest BCUT2D eigenvalue weighted by Gasteiger charge is 2.45. The Kier molecular flexibility index (Phi) is 10.2. The van der Waals surface area contributed by atoms with Gasteiger partial charge in [-0.25, -0.2) is 9.18 Å². The lowest BCUT2D eigenvalue weighted by atomic mass is 9.84. The van der Waals surface area contributed by atoms with Crippen LogP contribution in [0.5, 0.6) is 0 Å². The van der Waals surface area contributed by atoms with Crippen LogP contribution < -0.4 is 0 Å². The van der Waals surface area contributed by atoms with Crippen LogP contribution >= 0.6 is 0 Å². The predicted molar refractivity (Wildman–Crippen MR) is 186 cm³/mol. The Morgan fingerprint density at radius 1 is 1.06 bits per heavy atom. The zero-order chi connectivity index (χ0) is 35.9. The number of likely N-dealkylation sites (tertiary alicyclic amines) is 2. The standard InChI is InChI=1S/C38H50FN5O5/c1-10-41(22(2)3)35(46)29-20-27(39)12-14-30(29)44-25(6)33(28-15-17-40-21-32(28)44)34(45)26-16-18-42(24(5)19-26)36(47)31-13-11-23(4)43(31)37(48)49-38(7,8)9/h12,14-15,17,20-24,26,31H,10-11,13,16,18-19H2,1-9H3/t23-,24+,26?,31+/m1/s1. The van der Waals surface area contributed by atoms with Crippen LogP contribution in [0.1, 0.15) is 107 Å². The van der Waals surface area contributed by atoms with Crippen LogP contribution in [0.2, 0.25) is 0 Å². The van der Waals surface area contributed by atoms with Gasteiger partial charge in [-0.1, -0.05) is 0 Å². The molecular weight excluding hydrogens is 625 g/mol. The van der Waals surface area contributed by atoms with Crippen LogP contribution in [0.15, 0.2) is 36.7 Å². The third kappa shape index (κ3) is 6.94. The van der Waals surface area contributed by atoms with Crippen molar-refractivity contribution < 1.29 is 28.3 Å². The van der Waals surface area contributed by atoms with Crippen molar-refractivity contribution in [2.24, 2.45) is 5.92 Å². The molecule has 2 aliphatic heterocycles. The first-order valence-corrected chi connectivity index (χ1v) is 17.5. The maximum absolute atomic E-state index is 14.7. The second-order valence-corrected chi connectivity index (χ2v) is 14.8. The maximum Gasteiger partial charge on any atom is 0.411 e. The smallest absolute Gasteiger partial charge is 0.411 e. The summed E-state index contributed by atoms with van der Waals surface area (Å²) in [6.45, 7) is 17.8. The molecule has 2 aliphatic rings. The van der Waals surface area contributed by atoms with Gasteiger partial charge in [-0.2, -0.15) is 0 Å². The lowest BCUT2D eigenvalue weighted by Gasteiger charge is -2.40. The molecule has 2 aromatic heterocycles. The number of benzene rings is 1. The molecule has 49 heavy (non-hydrogen) atoms. The molecule has 1 aromatic carbocycles. The van der Waals surface area contributed by atoms with E-state index in [1.54, 1.807) is 34.3 Å². The monoisotopic (exact) mass is 675 g/mol. The molecule has 0 bridgehead atoms. The number of fused-ring (bicyclic) bond motifs is 1. The summed E-state index contributed by atoms with van der Waals surface area (Å²) in [5.41, 5.74) is 1.84. The van der Waals surface area contributed by atoms with E-state index in [-0.39, 0.29) is 47.2 Å². The normalized spacial score (nSPS) is 21.4. The van der Waals surface area contributed by atoms with Crippen molar-refractivity contribution in [1.82, 2.24) is 24.3 Å². The van der Waals surface area contributed by atoms with E-state index in [2.05, 4.69) is 4.98 Å². The Balaban J connectivity index is 1.43. The van der Waals surface area contributed by atoms with Gasteiger partial charge >= 0.3 is 6.09 Å². The number of hydrogen-bond donors (Lipinski definition) is 0. The number of rotatable bonds is 7. The van der Waals surface area contributed by atoms with E-state index in [0.717, 1.165) is 0 Å². The number of piperidine rings is 1. The highest BCUT2D eigenvalue weighted by molar-refractivity contribution is 6.11. The fourth-order valence-corrected chi connectivity index (χ4v) is 7.64. The van der Waals surface area contributed by atoms with E-state index in [0.29, 0.717) is 66.6 Å². The number of halogens is 1. The molecule has 264 valence electrons. The average molecular weight is 676 g/mol. The van der Waals surface area contributed by atoms with Crippen molar-refractivity contribution in [1.29, 1.82) is 0 Å². The number of aromatic nitrogens is 2. The molecule has 0 spiro atoms. The van der Waals surface area contributed by atoms with Gasteiger partial charge in [0, 0.05) is 60.0 Å². The number of ketones is 1. The fraction of sp³-hybridized carbons (Fsp3) is 0.553. The number of hydrogen-bond acceptors (Lipinski definition) is 6. The van der Waals surface area contributed by atoms with Gasteiger partial charge in [0.2, 0.25) is 5.91 Å². The van der Waals surface area contributed by atoms with E-state index in [4.69, 9.17) is 4.74 Å². The zero-order valence-corrected chi connectivity index (χ0v) is 30.2. The van der Waals surface area contributed by atoms with Gasteiger partial charge in [-0.15, -0.1) is 0 Å². The summed E-state index contributed by atoms with van der Waals surface area (Å²) in [7, 11) is 0. The minimum absolute atomic E-state index is 0.0383. The molecule has 0 aliphatic carbocycles. The first-order valence-electron chi connectivity index (χ1n) is 17.5. The van der Waals surface area contributed by atoms with Crippen molar-refractivity contribution in [2.45, 2.75) is 118 Å². The Bertz CT molecular complexity index is 1760. The summed E-state index contributed by atoms with van der Waals surface area (Å²) in [5, 5.41) is 0.704. The third-order valence-electron chi connectivity index (χ3n) is 10.00. The largest absolute Gasteiger partial charge is 0.444 e. The summed E-state index contributed by atoms with van der Waals surface area (Å²) in [6.07, 6.45) is 5.05. The lowest BCUT2D eigenvalue weighted by Crippen LogP contribution is -2.55. The van der Waals surface area contributed by atoms with E-state index < -0.39 is 23.6 Å². The van der Waals surface area contributed by atoms with Crippen molar-refractivity contribution in [3.8, 4) is 5.69 Å². The minimum Gasteiger partial charge on any atom is -0.444 e. The van der Waals surface area contributed by atoms with Gasteiger partial charge in [0.05, 0.1) is 23.0 Å². The molecule has 2 saturated heterocycles. The summed E-state index contributed by atoms with van der Waals surface area (Å²) in [5.74, 6) is -1.31. The number of carbonyl (C=O) groups excluding carboxylic acids is 4. The first-order chi connectivity index (χ1) is 23.0. The number of carbonyl (C=O) groups is 4. The highest BCUT2D eigenvalue weighted by Crippen LogP contribution is 2.36. The van der Waals surface area contributed by atoms with Gasteiger partial charge in [0.1, 0.15) is 17.5 Å². The SMILES string of the molecule is CCN(C(=O)c1cc(F)ccc1-n1c(C)c(C(=O)C2CCN(C(=O)[C@@H]3CC[C@@H](C)N3C(=O)OC(C)(C)C)[C@@H](C)C2)c2ccncc21)C(C)C. The molecular formula is C38H50FN5O5. The molecule has 0 radical (unpaired) electrons. The molecule has 0 N–H and O–H groups in total. The van der Waals surface area contributed by atoms with E-state index >= 15 is 0 Å². The molecule has 3 aromatic rings. The Morgan fingerprint density at radius 2 is 1.78 bits per heavy atom. The average Bonchev–Trinajstić information content (AvgIpc) is 3.56. The Morgan fingerprint density at radius 3 is 2.41 bits per heavy atom. The molecule has 0 saturated carbocycles. The minimum atomic E-state index is -0.673. The second kappa shape index (κ2) is 13.9. The molecule has 4 atom stereocenters. The van der Waals surface area contributed by atoms with Crippen LogP contribution in [0.3, 0.4) is 0 Å². The third-order valence-corrected chi connectivity index (χ3v) is 10.00. The molecule has 10 nitrogen and oxygen atoms in total. The van der Waals surface area contributed by atoms with Gasteiger partial charge < -0.3 is 19.1 Å². The quantitative estimate of drug-likeness (QED) is 0.251. The number of nitrogens with zero attached hydrogens (tertiary/aromatic N) is 5. The number of Topliss-reactive ketones (excluding diaryl/α,β-unsaturated/α-hetero) is 1. The number of pyridine rings is 1. The van der Waals surface area contributed by atoms with Gasteiger partial charge in [-0.05, 0) is 112 Å². The highest BCUT2D eigenvalue weighted by atomic mass is 19.1. The van der Waals surface area contributed by atoms with Crippen molar-refractivity contribution in [3.63, 3.8) is 0 Å². The first kappa shape index (κ1) is 36.0. The summed E-state index contributed by atoms with van der Waals surface area (Å²) in [6, 6.07) is 4.95. The second-order valence-electron chi connectivity index (χ2n) is 14.8. The van der Waals surface area contributed by atoms with Gasteiger partial charge in [0.25, 0.3) is 5.91 Å². The summed E-state index contributed by atoms with van der Waals surface area (Å²) >= 11 is 0. The Hall–Kier alpha value is -4.28.